The Bertz CT molecular complexity index is 690. The van der Waals surface area contributed by atoms with Gasteiger partial charge in [0.05, 0.1) is 18.3 Å². The van der Waals surface area contributed by atoms with Crippen LogP contribution in [0.3, 0.4) is 0 Å². The average molecular weight is 377 g/mol. The predicted octanol–water partition coefficient (Wildman–Crippen LogP) is 3.56. The number of halogens is 3. The number of nitrogens with one attached hydrogen (secondary N) is 1. The number of piperidine rings is 1. The minimum absolute atomic E-state index is 0.138. The van der Waals surface area contributed by atoms with E-state index in [0.717, 1.165) is 11.3 Å². The van der Waals surface area contributed by atoms with Crippen molar-refractivity contribution in [2.24, 2.45) is 5.92 Å². The summed E-state index contributed by atoms with van der Waals surface area (Å²) in [6.07, 6.45) is -1.68. The van der Waals surface area contributed by atoms with Gasteiger partial charge in [0.15, 0.2) is 0 Å². The molecule has 1 amide bonds. The molecule has 1 fully saturated rings. The van der Waals surface area contributed by atoms with Gasteiger partial charge in [-0.3, -0.25) is 14.7 Å². The zero-order valence-electron chi connectivity index (χ0n) is 14.8. The second kappa shape index (κ2) is 8.52. The van der Waals surface area contributed by atoms with Gasteiger partial charge >= 0.3 is 6.18 Å². The van der Waals surface area contributed by atoms with Crippen LogP contribution in [0.15, 0.2) is 54.7 Å². The van der Waals surface area contributed by atoms with E-state index in [1.807, 2.05) is 48.5 Å². The highest BCUT2D eigenvalue weighted by atomic mass is 19.4. The Balaban J connectivity index is 1.66. The van der Waals surface area contributed by atoms with Gasteiger partial charge in [0, 0.05) is 12.1 Å². The quantitative estimate of drug-likeness (QED) is 0.867. The first-order chi connectivity index (χ1) is 12.9. The van der Waals surface area contributed by atoms with E-state index in [0.29, 0.717) is 12.8 Å². The number of amides is 1. The molecule has 1 N–H and O–H groups in total. The molecule has 7 heteroatoms. The monoisotopic (exact) mass is 377 g/mol. The highest BCUT2D eigenvalue weighted by Crippen LogP contribution is 2.25. The number of benzene rings is 1. The largest absolute Gasteiger partial charge is 0.401 e. The molecule has 0 bridgehead atoms. The number of carbonyl (C=O) groups excluding carboxylic acids is 1. The highest BCUT2D eigenvalue weighted by molar-refractivity contribution is 5.79. The Morgan fingerprint density at radius 3 is 2.37 bits per heavy atom. The van der Waals surface area contributed by atoms with Crippen LogP contribution in [0.2, 0.25) is 0 Å². The van der Waals surface area contributed by atoms with Gasteiger partial charge in [-0.2, -0.15) is 13.2 Å². The first-order valence-electron chi connectivity index (χ1n) is 8.98. The van der Waals surface area contributed by atoms with Crippen LogP contribution in [0.5, 0.6) is 0 Å². The minimum atomic E-state index is -4.20. The van der Waals surface area contributed by atoms with Gasteiger partial charge in [-0.25, -0.2) is 0 Å². The molecule has 0 spiro atoms. The van der Waals surface area contributed by atoms with E-state index in [4.69, 9.17) is 0 Å². The standard InChI is InChI=1S/C20H22F3N3O/c21-20(22,23)14-26-12-9-16(10-13-26)19(27)25-18(15-6-2-1-3-7-15)17-8-4-5-11-24-17/h1-8,11,16,18H,9-10,12-14H2,(H,25,27). The smallest absolute Gasteiger partial charge is 0.343 e. The number of hydrogen-bond donors (Lipinski definition) is 1. The molecule has 0 radical (unpaired) electrons. The van der Waals surface area contributed by atoms with Crippen LogP contribution in [0.4, 0.5) is 13.2 Å². The van der Waals surface area contributed by atoms with Crippen molar-refractivity contribution in [3.8, 4) is 0 Å². The van der Waals surface area contributed by atoms with Crippen LogP contribution in [0.1, 0.15) is 30.1 Å². The van der Waals surface area contributed by atoms with Crippen LogP contribution in [-0.4, -0.2) is 41.6 Å². The summed E-state index contributed by atoms with van der Waals surface area (Å²) < 4.78 is 37.5. The van der Waals surface area contributed by atoms with E-state index >= 15 is 0 Å². The molecule has 144 valence electrons. The van der Waals surface area contributed by atoms with E-state index in [-0.39, 0.29) is 31.0 Å². The molecular weight excluding hydrogens is 355 g/mol. The van der Waals surface area contributed by atoms with Crippen LogP contribution >= 0.6 is 0 Å². The Kier molecular flexibility index (Phi) is 6.11. The molecule has 1 aliphatic rings. The summed E-state index contributed by atoms with van der Waals surface area (Å²) in [6, 6.07) is 14.7. The summed E-state index contributed by atoms with van der Waals surface area (Å²) in [7, 11) is 0. The van der Waals surface area contributed by atoms with Gasteiger partial charge < -0.3 is 5.32 Å². The summed E-state index contributed by atoms with van der Waals surface area (Å²) in [6.45, 7) is -0.365. The fourth-order valence-corrected chi connectivity index (χ4v) is 3.39. The van der Waals surface area contributed by atoms with Crippen molar-refractivity contribution in [3.05, 3.63) is 66.0 Å². The Hall–Kier alpha value is -2.41. The van der Waals surface area contributed by atoms with Crippen molar-refractivity contribution < 1.29 is 18.0 Å². The number of pyridine rings is 1. The van der Waals surface area contributed by atoms with Gasteiger partial charge in [0.1, 0.15) is 0 Å². The zero-order valence-corrected chi connectivity index (χ0v) is 14.8. The summed E-state index contributed by atoms with van der Waals surface area (Å²) in [5.41, 5.74) is 1.64. The molecule has 2 heterocycles. The summed E-state index contributed by atoms with van der Waals surface area (Å²) >= 11 is 0. The van der Waals surface area contributed by atoms with Gasteiger partial charge in [0.2, 0.25) is 5.91 Å². The maximum absolute atomic E-state index is 12.8. The summed E-state index contributed by atoms with van der Waals surface area (Å²) in [4.78, 5) is 18.5. The number of likely N-dealkylation sites (tertiary alicyclic amines) is 1. The number of aromatic nitrogens is 1. The van der Waals surface area contributed by atoms with Gasteiger partial charge in [-0.05, 0) is 43.6 Å². The van der Waals surface area contributed by atoms with Crippen molar-refractivity contribution >= 4 is 5.91 Å². The van der Waals surface area contributed by atoms with Gasteiger partial charge in [0.25, 0.3) is 0 Å². The van der Waals surface area contributed by atoms with E-state index in [1.54, 1.807) is 6.20 Å². The van der Waals surface area contributed by atoms with Gasteiger partial charge in [-0.15, -0.1) is 0 Å². The second-order valence-electron chi connectivity index (χ2n) is 6.77. The topological polar surface area (TPSA) is 45.2 Å². The third kappa shape index (κ3) is 5.53. The molecule has 0 aliphatic carbocycles. The lowest BCUT2D eigenvalue weighted by atomic mass is 9.94. The van der Waals surface area contributed by atoms with Crippen LogP contribution in [0, 0.1) is 5.92 Å². The molecule has 1 aromatic heterocycles. The number of hydrogen-bond acceptors (Lipinski definition) is 3. The first-order valence-corrected chi connectivity index (χ1v) is 8.98. The molecule has 2 aromatic rings. The second-order valence-corrected chi connectivity index (χ2v) is 6.77. The lowest BCUT2D eigenvalue weighted by Gasteiger charge is -2.32. The third-order valence-electron chi connectivity index (χ3n) is 4.76. The molecule has 1 atom stereocenters. The van der Waals surface area contributed by atoms with E-state index in [2.05, 4.69) is 10.3 Å². The zero-order chi connectivity index (χ0) is 19.3. The highest BCUT2D eigenvalue weighted by Gasteiger charge is 2.34. The molecular formula is C20H22F3N3O. The third-order valence-corrected chi connectivity index (χ3v) is 4.76. The predicted molar refractivity (Wildman–Crippen MR) is 95.9 cm³/mol. The number of rotatable bonds is 5. The molecule has 1 aliphatic heterocycles. The maximum atomic E-state index is 12.8. The fourth-order valence-electron chi connectivity index (χ4n) is 3.39. The van der Waals surface area contributed by atoms with E-state index in [9.17, 15) is 18.0 Å². The number of nitrogens with zero attached hydrogens (tertiary/aromatic N) is 2. The van der Waals surface area contributed by atoms with E-state index in [1.165, 1.54) is 4.90 Å². The van der Waals surface area contributed by atoms with Crippen molar-refractivity contribution in [1.82, 2.24) is 15.2 Å². The fraction of sp³-hybridized carbons (Fsp3) is 0.400. The minimum Gasteiger partial charge on any atom is -0.343 e. The normalized spacial score (nSPS) is 17.4. The Morgan fingerprint density at radius 2 is 1.78 bits per heavy atom. The van der Waals surface area contributed by atoms with Crippen molar-refractivity contribution in [2.75, 3.05) is 19.6 Å². The van der Waals surface area contributed by atoms with Crippen LogP contribution in [-0.2, 0) is 4.79 Å². The van der Waals surface area contributed by atoms with Gasteiger partial charge in [-0.1, -0.05) is 36.4 Å². The van der Waals surface area contributed by atoms with Crippen molar-refractivity contribution in [3.63, 3.8) is 0 Å². The molecule has 1 saturated heterocycles. The van der Waals surface area contributed by atoms with Crippen molar-refractivity contribution in [1.29, 1.82) is 0 Å². The van der Waals surface area contributed by atoms with Crippen LogP contribution in [0.25, 0.3) is 0 Å². The van der Waals surface area contributed by atoms with Crippen LogP contribution < -0.4 is 5.32 Å². The molecule has 1 aromatic carbocycles. The number of alkyl halides is 3. The molecule has 1 unspecified atom stereocenters. The molecule has 4 nitrogen and oxygen atoms in total. The summed E-state index contributed by atoms with van der Waals surface area (Å²) in [5.74, 6) is -0.425. The lowest BCUT2D eigenvalue weighted by molar-refractivity contribution is -0.149. The van der Waals surface area contributed by atoms with E-state index < -0.39 is 12.7 Å². The molecule has 27 heavy (non-hydrogen) atoms. The number of carbonyl (C=O) groups is 1. The first kappa shape index (κ1) is 19.4. The Morgan fingerprint density at radius 1 is 1.11 bits per heavy atom. The SMILES string of the molecule is O=C(NC(c1ccccc1)c1ccccn1)C1CCN(CC(F)(F)F)CC1. The molecule has 0 saturated carbocycles. The molecule has 3 rings (SSSR count). The maximum Gasteiger partial charge on any atom is 0.401 e. The average Bonchev–Trinajstić information content (AvgIpc) is 2.66. The Labute approximate surface area is 156 Å². The summed E-state index contributed by atoms with van der Waals surface area (Å²) in [5, 5.41) is 3.04. The van der Waals surface area contributed by atoms with Crippen molar-refractivity contribution in [2.45, 2.75) is 25.1 Å². The lowest BCUT2D eigenvalue weighted by Crippen LogP contribution is -2.44.